The number of piperidine rings is 1. The smallest absolute Gasteiger partial charge is 0.242 e. The predicted octanol–water partition coefficient (Wildman–Crippen LogP) is 3.73. The van der Waals surface area contributed by atoms with Crippen LogP contribution in [0.15, 0.2) is 36.5 Å². The van der Waals surface area contributed by atoms with Crippen LogP contribution in [0.2, 0.25) is 5.02 Å². The quantitative estimate of drug-likeness (QED) is 0.777. The van der Waals surface area contributed by atoms with Crippen molar-refractivity contribution in [3.8, 4) is 0 Å². The van der Waals surface area contributed by atoms with Gasteiger partial charge in [0.1, 0.15) is 6.54 Å². The normalized spacial score (nSPS) is 18.0. The first-order valence-electron chi connectivity index (χ1n) is 8.64. The maximum atomic E-state index is 12.8. The Morgan fingerprint density at radius 2 is 2.24 bits per heavy atom. The Morgan fingerprint density at radius 3 is 3.04 bits per heavy atom. The Labute approximate surface area is 151 Å². The minimum atomic E-state index is 0.148. The van der Waals surface area contributed by atoms with Crippen LogP contribution in [-0.2, 0) is 11.3 Å². The number of nitrogens with one attached hydrogen (secondary N) is 1. The molecule has 1 aromatic carbocycles. The lowest BCUT2D eigenvalue weighted by molar-refractivity contribution is -0.133. The predicted molar refractivity (Wildman–Crippen MR) is 98.8 cm³/mol. The molecular formula is C19H21ClN4O. The molecule has 5 nitrogen and oxygen atoms in total. The Kier molecular flexibility index (Phi) is 4.25. The molecule has 6 heteroatoms. The Morgan fingerprint density at radius 1 is 1.36 bits per heavy atom. The van der Waals surface area contributed by atoms with Crippen LogP contribution in [0, 0.1) is 6.92 Å². The molecule has 1 unspecified atom stereocenters. The third-order valence-electron chi connectivity index (χ3n) is 4.96. The first kappa shape index (κ1) is 16.2. The lowest BCUT2D eigenvalue weighted by Gasteiger charge is -2.32. The van der Waals surface area contributed by atoms with E-state index < -0.39 is 0 Å². The maximum Gasteiger partial charge on any atom is 0.242 e. The minimum absolute atomic E-state index is 0.148. The number of hydrogen-bond donors (Lipinski definition) is 1. The first-order chi connectivity index (χ1) is 12.1. The number of aryl methyl sites for hydroxylation is 1. The molecule has 1 atom stereocenters. The molecule has 130 valence electrons. The van der Waals surface area contributed by atoms with Gasteiger partial charge in [-0.1, -0.05) is 17.7 Å². The number of likely N-dealkylation sites (tertiary alicyclic amines) is 1. The highest BCUT2D eigenvalue weighted by molar-refractivity contribution is 6.31. The fourth-order valence-corrected chi connectivity index (χ4v) is 3.80. The van der Waals surface area contributed by atoms with Crippen molar-refractivity contribution in [2.75, 3.05) is 13.1 Å². The van der Waals surface area contributed by atoms with E-state index in [1.165, 1.54) is 0 Å². The van der Waals surface area contributed by atoms with Gasteiger partial charge in [0.15, 0.2) is 0 Å². The summed E-state index contributed by atoms with van der Waals surface area (Å²) >= 11 is 6.10. The van der Waals surface area contributed by atoms with Gasteiger partial charge in [-0.3, -0.25) is 9.89 Å². The van der Waals surface area contributed by atoms with Gasteiger partial charge in [-0.15, -0.1) is 0 Å². The number of rotatable bonds is 3. The fourth-order valence-electron chi connectivity index (χ4n) is 3.63. The number of H-pyrrole nitrogens is 1. The van der Waals surface area contributed by atoms with Gasteiger partial charge in [-0.25, -0.2) is 0 Å². The van der Waals surface area contributed by atoms with Crippen LogP contribution >= 0.6 is 11.6 Å². The van der Waals surface area contributed by atoms with Crippen LogP contribution in [0.3, 0.4) is 0 Å². The summed E-state index contributed by atoms with van der Waals surface area (Å²) in [6, 6.07) is 9.87. The Hall–Kier alpha value is -2.27. The lowest BCUT2D eigenvalue weighted by atomic mass is 9.94. The fraction of sp³-hybridized carbons (Fsp3) is 0.368. The van der Waals surface area contributed by atoms with Gasteiger partial charge < -0.3 is 9.47 Å². The van der Waals surface area contributed by atoms with Crippen LogP contribution in [0.5, 0.6) is 0 Å². The van der Waals surface area contributed by atoms with Crippen molar-refractivity contribution in [1.29, 1.82) is 0 Å². The summed E-state index contributed by atoms with van der Waals surface area (Å²) in [6.45, 7) is 3.91. The molecule has 0 bridgehead atoms. The van der Waals surface area contributed by atoms with E-state index >= 15 is 0 Å². The van der Waals surface area contributed by atoms with Crippen molar-refractivity contribution in [3.63, 3.8) is 0 Å². The molecule has 3 aromatic rings. The highest BCUT2D eigenvalue weighted by atomic mass is 35.5. The molecule has 0 saturated carbocycles. The molecule has 1 N–H and O–H groups in total. The van der Waals surface area contributed by atoms with Gasteiger partial charge in [0, 0.05) is 41.4 Å². The zero-order chi connectivity index (χ0) is 17.4. The molecule has 0 spiro atoms. The molecule has 0 aliphatic carbocycles. The molecule has 1 amide bonds. The van der Waals surface area contributed by atoms with E-state index in [0.717, 1.165) is 48.2 Å². The number of fused-ring (bicyclic) bond motifs is 1. The van der Waals surface area contributed by atoms with Gasteiger partial charge in [-0.05, 0) is 49.4 Å². The zero-order valence-electron chi connectivity index (χ0n) is 14.2. The molecule has 25 heavy (non-hydrogen) atoms. The molecule has 1 aliphatic heterocycles. The third kappa shape index (κ3) is 3.29. The standard InChI is InChI=1S/C19H21ClN4O/c1-13-9-17(22-21-13)15-3-2-7-24(11-15)19(25)12-23-8-6-14-4-5-16(20)10-18(14)23/h4-6,8-10,15H,2-3,7,11-12H2,1H3,(H,21,22). The zero-order valence-corrected chi connectivity index (χ0v) is 15.0. The largest absolute Gasteiger partial charge is 0.340 e. The first-order valence-corrected chi connectivity index (χ1v) is 9.02. The summed E-state index contributed by atoms with van der Waals surface area (Å²) in [6.07, 6.45) is 4.05. The number of carbonyl (C=O) groups excluding carboxylic acids is 1. The Balaban J connectivity index is 1.49. The van der Waals surface area contributed by atoms with Crippen LogP contribution in [0.25, 0.3) is 10.9 Å². The van der Waals surface area contributed by atoms with E-state index in [1.807, 2.05) is 46.9 Å². The number of nitrogens with zero attached hydrogens (tertiary/aromatic N) is 3. The summed E-state index contributed by atoms with van der Waals surface area (Å²) in [4.78, 5) is 14.8. The number of amides is 1. The second kappa shape index (κ2) is 6.56. The monoisotopic (exact) mass is 356 g/mol. The van der Waals surface area contributed by atoms with Gasteiger partial charge in [0.05, 0.1) is 5.69 Å². The van der Waals surface area contributed by atoms with Crippen molar-refractivity contribution >= 4 is 28.4 Å². The molecule has 1 saturated heterocycles. The summed E-state index contributed by atoms with van der Waals surface area (Å²) in [5.41, 5.74) is 3.12. The minimum Gasteiger partial charge on any atom is -0.340 e. The average Bonchev–Trinajstić information content (AvgIpc) is 3.21. The van der Waals surface area contributed by atoms with E-state index in [0.29, 0.717) is 17.5 Å². The topological polar surface area (TPSA) is 53.9 Å². The molecule has 3 heterocycles. The van der Waals surface area contributed by atoms with Gasteiger partial charge >= 0.3 is 0 Å². The van der Waals surface area contributed by atoms with Crippen molar-refractivity contribution < 1.29 is 4.79 Å². The summed E-state index contributed by atoms with van der Waals surface area (Å²) in [5.74, 6) is 0.466. The van der Waals surface area contributed by atoms with E-state index in [9.17, 15) is 4.79 Å². The van der Waals surface area contributed by atoms with E-state index in [-0.39, 0.29) is 5.91 Å². The van der Waals surface area contributed by atoms with Crippen LogP contribution in [-0.4, -0.2) is 38.7 Å². The van der Waals surface area contributed by atoms with Crippen LogP contribution in [0.4, 0.5) is 0 Å². The second-order valence-electron chi connectivity index (χ2n) is 6.80. The van der Waals surface area contributed by atoms with Crippen molar-refractivity contribution in [1.82, 2.24) is 19.7 Å². The summed E-state index contributed by atoms with van der Waals surface area (Å²) in [5, 5.41) is 9.16. The van der Waals surface area contributed by atoms with E-state index in [2.05, 4.69) is 16.3 Å². The van der Waals surface area contributed by atoms with E-state index in [1.54, 1.807) is 0 Å². The van der Waals surface area contributed by atoms with Gasteiger partial charge in [0.2, 0.25) is 5.91 Å². The van der Waals surface area contributed by atoms with Crippen molar-refractivity contribution in [2.45, 2.75) is 32.2 Å². The number of aromatic amines is 1. The molecule has 1 fully saturated rings. The van der Waals surface area contributed by atoms with Gasteiger partial charge in [0.25, 0.3) is 0 Å². The lowest BCUT2D eigenvalue weighted by Crippen LogP contribution is -2.40. The third-order valence-corrected chi connectivity index (χ3v) is 5.19. The SMILES string of the molecule is Cc1cc(C2CCCN(C(=O)Cn3ccc4ccc(Cl)cc43)C2)n[nH]1. The van der Waals surface area contributed by atoms with Crippen LogP contribution in [0.1, 0.15) is 30.1 Å². The number of carbonyl (C=O) groups is 1. The molecule has 0 radical (unpaired) electrons. The van der Waals surface area contributed by atoms with Crippen LogP contribution < -0.4 is 0 Å². The highest BCUT2D eigenvalue weighted by Crippen LogP contribution is 2.26. The highest BCUT2D eigenvalue weighted by Gasteiger charge is 2.26. The van der Waals surface area contributed by atoms with E-state index in [4.69, 9.17) is 11.6 Å². The number of hydrogen-bond acceptors (Lipinski definition) is 2. The Bertz CT molecular complexity index is 913. The van der Waals surface area contributed by atoms with Crippen molar-refractivity contribution in [2.24, 2.45) is 0 Å². The van der Waals surface area contributed by atoms with Crippen molar-refractivity contribution in [3.05, 3.63) is 52.9 Å². The average molecular weight is 357 g/mol. The van der Waals surface area contributed by atoms with Gasteiger partial charge in [-0.2, -0.15) is 5.10 Å². The second-order valence-corrected chi connectivity index (χ2v) is 7.24. The number of halogens is 1. The number of benzene rings is 1. The molecular weight excluding hydrogens is 336 g/mol. The molecule has 4 rings (SSSR count). The summed E-state index contributed by atoms with van der Waals surface area (Å²) < 4.78 is 1.98. The molecule has 1 aliphatic rings. The number of aromatic nitrogens is 3. The molecule has 2 aromatic heterocycles. The summed E-state index contributed by atoms with van der Waals surface area (Å²) in [7, 11) is 0. The maximum absolute atomic E-state index is 12.8.